The fourth-order valence-electron chi connectivity index (χ4n) is 3.41. The van der Waals surface area contributed by atoms with E-state index in [4.69, 9.17) is 0 Å². The summed E-state index contributed by atoms with van der Waals surface area (Å²) in [6.07, 6.45) is 3.60. The van der Waals surface area contributed by atoms with Gasteiger partial charge in [0.1, 0.15) is 5.56 Å². The standard InChI is InChI=1S/C18H21N3O3.CH3.Y/c1-19-6-8-20(9-7-19)13-4-5-14-16(10-13)21(12-2-3-12)11-15(17(14)22)18(23)24;;/h4-5,10-12H,2-3,6-9H2,1H3,(H,23,24);1H3;/q;-1;. The number of carbonyl (C=O) groups is 1. The van der Waals surface area contributed by atoms with Crippen molar-refractivity contribution >= 4 is 22.6 Å². The molecule has 4 rings (SSSR count). The summed E-state index contributed by atoms with van der Waals surface area (Å²) in [6, 6.07) is 6.09. The van der Waals surface area contributed by atoms with Crippen LogP contribution in [0.15, 0.2) is 29.2 Å². The maximum Gasteiger partial charge on any atom is 0.341 e. The quantitative estimate of drug-likeness (QED) is 0.756. The van der Waals surface area contributed by atoms with E-state index in [0.717, 1.165) is 50.2 Å². The maximum atomic E-state index is 12.5. The Morgan fingerprint density at radius 1 is 1.15 bits per heavy atom. The summed E-state index contributed by atoms with van der Waals surface area (Å²) in [5, 5.41) is 9.81. The summed E-state index contributed by atoms with van der Waals surface area (Å²) in [5.41, 5.74) is 1.43. The molecule has 137 valence electrons. The van der Waals surface area contributed by atoms with Crippen LogP contribution in [0, 0.1) is 7.43 Å². The largest absolute Gasteiger partial charge is 0.477 e. The topological polar surface area (TPSA) is 65.8 Å². The molecule has 2 aliphatic rings. The first-order valence-electron chi connectivity index (χ1n) is 8.40. The zero-order chi connectivity index (χ0) is 16.8. The molecule has 6 nitrogen and oxygen atoms in total. The molecule has 0 amide bonds. The Kier molecular flexibility index (Phi) is 6.64. The number of hydrogen-bond acceptors (Lipinski definition) is 4. The molecule has 1 aromatic carbocycles. The first-order valence-corrected chi connectivity index (χ1v) is 8.40. The minimum absolute atomic E-state index is 0. The second kappa shape index (κ2) is 8.20. The predicted octanol–water partition coefficient (Wildman–Crippen LogP) is 2.23. The van der Waals surface area contributed by atoms with Gasteiger partial charge in [0.2, 0.25) is 5.43 Å². The van der Waals surface area contributed by atoms with Gasteiger partial charge in [-0.3, -0.25) is 4.79 Å². The number of likely N-dealkylation sites (N-methyl/N-ethyl adjacent to an activating group) is 1. The van der Waals surface area contributed by atoms with Gasteiger partial charge in [0.25, 0.3) is 0 Å². The minimum atomic E-state index is -1.15. The average Bonchev–Trinajstić information content (AvgIpc) is 3.40. The molecule has 1 aliphatic heterocycles. The number of carboxylic acids is 1. The van der Waals surface area contributed by atoms with Crippen molar-refractivity contribution < 1.29 is 42.6 Å². The molecule has 2 aromatic rings. The number of nitrogens with zero attached hydrogens (tertiary/aromatic N) is 3. The Bertz CT molecular complexity index is 868. The van der Waals surface area contributed by atoms with Gasteiger partial charge >= 0.3 is 5.97 Å². The van der Waals surface area contributed by atoms with Crippen molar-refractivity contribution in [2.75, 3.05) is 38.1 Å². The van der Waals surface area contributed by atoms with Crippen molar-refractivity contribution in [1.29, 1.82) is 0 Å². The number of fused-ring (bicyclic) bond motifs is 1. The van der Waals surface area contributed by atoms with Gasteiger partial charge in [0.15, 0.2) is 0 Å². The molecule has 2 heterocycles. The molecular weight excluding hydrogens is 407 g/mol. The molecule has 1 aliphatic carbocycles. The zero-order valence-corrected chi connectivity index (χ0v) is 18.2. The van der Waals surface area contributed by atoms with Crippen LogP contribution in [-0.4, -0.2) is 53.8 Å². The van der Waals surface area contributed by atoms with Crippen LogP contribution in [0.2, 0.25) is 0 Å². The van der Waals surface area contributed by atoms with Crippen LogP contribution in [0.4, 0.5) is 5.69 Å². The average molecular weight is 431 g/mol. The van der Waals surface area contributed by atoms with Gasteiger partial charge < -0.3 is 26.9 Å². The van der Waals surface area contributed by atoms with Gasteiger partial charge in [-0.2, -0.15) is 0 Å². The third-order valence-electron chi connectivity index (χ3n) is 5.06. The third-order valence-corrected chi connectivity index (χ3v) is 5.06. The molecule has 26 heavy (non-hydrogen) atoms. The normalized spacial score (nSPS) is 17.5. The van der Waals surface area contributed by atoms with E-state index in [9.17, 15) is 14.7 Å². The van der Waals surface area contributed by atoms with Crippen LogP contribution in [-0.2, 0) is 32.7 Å². The molecular formula is C19H24N3O3Y-. The number of pyridine rings is 1. The third kappa shape index (κ3) is 3.87. The van der Waals surface area contributed by atoms with E-state index in [2.05, 4.69) is 16.8 Å². The van der Waals surface area contributed by atoms with Crippen molar-refractivity contribution in [1.82, 2.24) is 9.47 Å². The van der Waals surface area contributed by atoms with Crippen molar-refractivity contribution in [3.63, 3.8) is 0 Å². The summed E-state index contributed by atoms with van der Waals surface area (Å²) in [7, 11) is 2.12. The van der Waals surface area contributed by atoms with Gasteiger partial charge in [-0.1, -0.05) is 0 Å². The van der Waals surface area contributed by atoms with Gasteiger partial charge in [-0.15, -0.1) is 0 Å². The molecule has 1 saturated carbocycles. The number of hydrogen-bond donors (Lipinski definition) is 1. The Labute approximate surface area is 178 Å². The van der Waals surface area contributed by atoms with Crippen LogP contribution >= 0.6 is 0 Å². The molecule has 2 fully saturated rings. The first-order chi connectivity index (χ1) is 11.5. The summed E-state index contributed by atoms with van der Waals surface area (Å²) in [4.78, 5) is 28.5. The summed E-state index contributed by atoms with van der Waals surface area (Å²) in [5.74, 6) is -1.15. The first kappa shape index (κ1) is 21.1. The molecule has 0 unspecified atom stereocenters. The predicted molar refractivity (Wildman–Crippen MR) is 99.6 cm³/mol. The van der Waals surface area contributed by atoms with Gasteiger partial charge in [-0.25, -0.2) is 4.79 Å². The number of carboxylic acid groups (broad SMARTS) is 1. The smallest absolute Gasteiger partial charge is 0.341 e. The van der Waals surface area contributed by atoms with E-state index in [0.29, 0.717) is 11.4 Å². The number of rotatable bonds is 3. The fraction of sp³-hybridized carbons (Fsp3) is 0.421. The molecule has 7 heteroatoms. The molecule has 0 bridgehead atoms. The second-order valence-corrected chi connectivity index (χ2v) is 6.81. The summed E-state index contributed by atoms with van der Waals surface area (Å²) >= 11 is 0. The monoisotopic (exact) mass is 431 g/mol. The van der Waals surface area contributed by atoms with Crippen molar-refractivity contribution in [3.8, 4) is 0 Å². The van der Waals surface area contributed by atoms with E-state index in [-0.39, 0.29) is 51.1 Å². The number of aromatic nitrogens is 1. The zero-order valence-electron chi connectivity index (χ0n) is 15.3. The van der Waals surface area contributed by atoms with E-state index in [1.807, 2.05) is 16.7 Å². The molecule has 1 radical (unpaired) electrons. The fourth-order valence-corrected chi connectivity index (χ4v) is 3.41. The number of aromatic carboxylic acids is 1. The Morgan fingerprint density at radius 3 is 2.38 bits per heavy atom. The van der Waals surface area contributed by atoms with Crippen LogP contribution in [0.1, 0.15) is 29.2 Å². The van der Waals surface area contributed by atoms with E-state index in [1.165, 1.54) is 6.20 Å². The van der Waals surface area contributed by atoms with Crippen molar-refractivity contribution in [3.05, 3.63) is 47.6 Å². The SMILES string of the molecule is CN1CCN(c2ccc3c(=O)c(C(=O)O)cn(C4CC4)c3c2)CC1.[CH3-].[Y]. The summed E-state index contributed by atoms with van der Waals surface area (Å²) in [6.45, 7) is 3.96. The van der Waals surface area contributed by atoms with Crippen molar-refractivity contribution in [2.24, 2.45) is 0 Å². The van der Waals surface area contributed by atoms with E-state index >= 15 is 0 Å². The number of piperazine rings is 1. The van der Waals surface area contributed by atoms with Crippen LogP contribution < -0.4 is 10.3 Å². The minimum Gasteiger partial charge on any atom is -0.477 e. The molecule has 0 spiro atoms. The van der Waals surface area contributed by atoms with Crippen LogP contribution in [0.5, 0.6) is 0 Å². The second-order valence-electron chi connectivity index (χ2n) is 6.81. The molecule has 1 saturated heterocycles. The molecule has 0 atom stereocenters. The summed E-state index contributed by atoms with van der Waals surface area (Å²) < 4.78 is 1.99. The molecule has 1 aromatic heterocycles. The van der Waals surface area contributed by atoms with Crippen LogP contribution in [0.25, 0.3) is 10.9 Å². The van der Waals surface area contributed by atoms with Gasteiger partial charge in [-0.05, 0) is 38.1 Å². The Balaban J connectivity index is 0.00000121. The van der Waals surface area contributed by atoms with Gasteiger partial charge in [0.05, 0.1) is 5.52 Å². The van der Waals surface area contributed by atoms with E-state index in [1.54, 1.807) is 6.07 Å². The Morgan fingerprint density at radius 2 is 1.81 bits per heavy atom. The Hall–Kier alpha value is -1.24. The molecule has 1 N–H and O–H groups in total. The number of anilines is 1. The van der Waals surface area contributed by atoms with Crippen LogP contribution in [0.3, 0.4) is 0 Å². The number of benzene rings is 1. The van der Waals surface area contributed by atoms with Gasteiger partial charge in [0, 0.05) is 82.2 Å². The maximum absolute atomic E-state index is 12.5. The van der Waals surface area contributed by atoms with Crippen molar-refractivity contribution in [2.45, 2.75) is 18.9 Å². The van der Waals surface area contributed by atoms with E-state index < -0.39 is 5.97 Å².